The zero-order valence-electron chi connectivity index (χ0n) is 16.0. The van der Waals surface area contributed by atoms with Crippen molar-refractivity contribution in [3.05, 3.63) is 73.1 Å². The number of nitro groups is 1. The van der Waals surface area contributed by atoms with Crippen LogP contribution >= 0.6 is 0 Å². The fraction of sp³-hybridized carbons (Fsp3) is 0.300. The molecule has 0 unspecified atom stereocenters. The third-order valence-corrected chi connectivity index (χ3v) is 5.09. The first kappa shape index (κ1) is 18.9. The van der Waals surface area contributed by atoms with E-state index in [1.165, 1.54) is 12.1 Å². The van der Waals surface area contributed by atoms with Crippen LogP contribution in [0.4, 0.5) is 5.69 Å². The van der Waals surface area contributed by atoms with Crippen LogP contribution in [0.3, 0.4) is 0 Å². The van der Waals surface area contributed by atoms with Crippen LogP contribution in [0.25, 0.3) is 22.1 Å². The molecule has 2 aromatic heterocycles. The largest absolute Gasteiger partial charge is 0.420 e. The molecule has 0 atom stereocenters. The third kappa shape index (κ3) is 3.29. The predicted molar refractivity (Wildman–Crippen MR) is 107 cm³/mol. The van der Waals surface area contributed by atoms with Crippen LogP contribution in [0.1, 0.15) is 26.0 Å². The number of para-hydroxylation sites is 1. The van der Waals surface area contributed by atoms with Gasteiger partial charge in [-0.05, 0) is 31.9 Å². The second kappa shape index (κ2) is 7.17. The molecule has 0 amide bonds. The fourth-order valence-electron chi connectivity index (χ4n) is 3.64. The molecule has 0 aliphatic carbocycles. The molecule has 0 spiro atoms. The van der Waals surface area contributed by atoms with Crippen LogP contribution in [0, 0.1) is 10.1 Å². The summed E-state index contributed by atoms with van der Waals surface area (Å²) in [7, 11) is 0. The molecule has 9 heteroatoms. The number of hydrogen-bond donors (Lipinski definition) is 0. The average molecular weight is 397 g/mol. The van der Waals surface area contributed by atoms with Gasteiger partial charge in [0.2, 0.25) is 0 Å². The van der Waals surface area contributed by atoms with Crippen LogP contribution in [0.2, 0.25) is 0 Å². The molecule has 1 aliphatic heterocycles. The second-order valence-corrected chi connectivity index (χ2v) is 7.14. The molecule has 1 aromatic carbocycles. The van der Waals surface area contributed by atoms with Gasteiger partial charge in [-0.25, -0.2) is 9.59 Å². The lowest BCUT2D eigenvalue weighted by atomic mass is 10.0. The minimum absolute atomic E-state index is 0.0751. The number of fused-ring (bicyclic) bond motifs is 5. The normalized spacial score (nSPS) is 15.1. The standard InChI is InChI=1S/C20H19N3O6/c1-12(2)21-10-8-13(9-11-21)18-20-14-4-3-5-15(23(26)27)19(14)22(18)29-17(25)7-6-16(24)28-20/h3-8,12H,9-11H2,1-2H3. The molecule has 0 N–H and O–H groups in total. The summed E-state index contributed by atoms with van der Waals surface area (Å²) in [5.74, 6) is 0. The van der Waals surface area contributed by atoms with Crippen molar-refractivity contribution in [2.45, 2.75) is 26.3 Å². The summed E-state index contributed by atoms with van der Waals surface area (Å²) in [6.07, 6.45) is 2.58. The Morgan fingerprint density at radius 2 is 1.90 bits per heavy atom. The van der Waals surface area contributed by atoms with E-state index in [4.69, 9.17) is 8.94 Å². The molecule has 1 aliphatic rings. The highest BCUT2D eigenvalue weighted by Crippen LogP contribution is 2.36. The Morgan fingerprint density at radius 3 is 2.55 bits per heavy atom. The first-order valence-electron chi connectivity index (χ1n) is 9.24. The zero-order chi connectivity index (χ0) is 20.7. The summed E-state index contributed by atoms with van der Waals surface area (Å²) in [5.41, 5.74) is -0.456. The van der Waals surface area contributed by atoms with Gasteiger partial charge in [-0.1, -0.05) is 12.1 Å². The molecule has 3 heterocycles. The minimum atomic E-state index is -0.827. The van der Waals surface area contributed by atoms with Gasteiger partial charge in [0.05, 0.1) is 10.3 Å². The quantitative estimate of drug-likeness (QED) is 0.493. The van der Waals surface area contributed by atoms with Gasteiger partial charge in [0.15, 0.2) is 11.1 Å². The number of hydrogen-bond acceptors (Lipinski definition) is 7. The van der Waals surface area contributed by atoms with Crippen molar-refractivity contribution in [2.75, 3.05) is 13.1 Å². The molecule has 0 fully saturated rings. The van der Waals surface area contributed by atoms with Gasteiger partial charge >= 0.3 is 11.3 Å². The Morgan fingerprint density at radius 1 is 1.14 bits per heavy atom. The molecule has 9 nitrogen and oxygen atoms in total. The Bertz CT molecular complexity index is 1300. The number of aromatic nitrogens is 1. The Hall–Kier alpha value is -3.46. The zero-order valence-corrected chi connectivity index (χ0v) is 16.0. The van der Waals surface area contributed by atoms with E-state index in [1.807, 2.05) is 6.08 Å². The summed E-state index contributed by atoms with van der Waals surface area (Å²) in [5, 5.41) is 11.9. The number of nitrogens with zero attached hydrogens (tertiary/aromatic N) is 3. The van der Waals surface area contributed by atoms with E-state index in [-0.39, 0.29) is 16.8 Å². The van der Waals surface area contributed by atoms with Gasteiger partial charge < -0.3 is 8.94 Å². The molecule has 0 radical (unpaired) electrons. The Kier molecular flexibility index (Phi) is 4.67. The molecular weight excluding hydrogens is 378 g/mol. The third-order valence-electron chi connectivity index (χ3n) is 5.09. The number of non-ortho nitro benzene ring substituents is 1. The van der Waals surface area contributed by atoms with Crippen molar-refractivity contribution < 1.29 is 13.9 Å². The van der Waals surface area contributed by atoms with Gasteiger partial charge in [-0.15, -0.1) is 0 Å². The molecule has 0 saturated carbocycles. The van der Waals surface area contributed by atoms with Crippen LogP contribution in [0.15, 0.2) is 54.9 Å². The monoisotopic (exact) mass is 397 g/mol. The smallest absolute Gasteiger partial charge is 0.356 e. The maximum Gasteiger partial charge on any atom is 0.356 e. The summed E-state index contributed by atoms with van der Waals surface area (Å²) in [6.45, 7) is 5.62. The van der Waals surface area contributed by atoms with E-state index < -0.39 is 16.2 Å². The van der Waals surface area contributed by atoms with E-state index >= 15 is 0 Å². The van der Waals surface area contributed by atoms with E-state index in [2.05, 4.69) is 18.7 Å². The van der Waals surface area contributed by atoms with E-state index in [0.717, 1.165) is 28.8 Å². The van der Waals surface area contributed by atoms with Gasteiger partial charge in [0.1, 0.15) is 5.69 Å². The van der Waals surface area contributed by atoms with Gasteiger partial charge in [0.25, 0.3) is 5.69 Å². The Balaban J connectivity index is 2.16. The highest BCUT2D eigenvalue weighted by atomic mass is 16.6. The predicted octanol–water partition coefficient (Wildman–Crippen LogP) is 2.97. The van der Waals surface area contributed by atoms with Crippen LogP contribution < -0.4 is 11.3 Å². The topological polar surface area (TPSA) is 111 Å². The van der Waals surface area contributed by atoms with Gasteiger partial charge in [0, 0.05) is 37.3 Å². The summed E-state index contributed by atoms with van der Waals surface area (Å²) in [4.78, 5) is 37.7. The SMILES string of the molecule is CC(C)N1CC=C(c2c3oc(=O)ccc(=O)on2c2c([N+](=O)[O-])cccc32)CC1. The lowest BCUT2D eigenvalue weighted by Crippen LogP contribution is -2.34. The molecule has 2 bridgehead atoms. The maximum absolute atomic E-state index is 12.2. The fourth-order valence-corrected chi connectivity index (χ4v) is 3.64. The number of benzene rings is 1. The van der Waals surface area contributed by atoms with E-state index in [0.29, 0.717) is 30.1 Å². The lowest BCUT2D eigenvalue weighted by Gasteiger charge is -2.29. The number of rotatable bonds is 3. The van der Waals surface area contributed by atoms with Crippen LogP contribution in [-0.2, 0) is 0 Å². The van der Waals surface area contributed by atoms with Crippen molar-refractivity contribution in [3.63, 3.8) is 0 Å². The summed E-state index contributed by atoms with van der Waals surface area (Å²) >= 11 is 0. The van der Waals surface area contributed by atoms with Crippen molar-refractivity contribution >= 4 is 27.7 Å². The van der Waals surface area contributed by atoms with Crippen LogP contribution in [0.5, 0.6) is 0 Å². The van der Waals surface area contributed by atoms with Crippen molar-refractivity contribution in [3.8, 4) is 0 Å². The lowest BCUT2D eigenvalue weighted by molar-refractivity contribution is -0.383. The van der Waals surface area contributed by atoms with Crippen molar-refractivity contribution in [2.24, 2.45) is 0 Å². The summed E-state index contributed by atoms with van der Waals surface area (Å²) in [6, 6.07) is 6.70. The maximum atomic E-state index is 12.2. The first-order valence-corrected chi connectivity index (χ1v) is 9.24. The molecule has 3 aromatic rings. The Labute approximate surface area is 164 Å². The summed E-state index contributed by atoms with van der Waals surface area (Å²) < 4.78 is 12.1. The highest BCUT2D eigenvalue weighted by Gasteiger charge is 2.27. The average Bonchev–Trinajstić information content (AvgIpc) is 3.01. The number of nitro benzene ring substituents is 1. The second-order valence-electron chi connectivity index (χ2n) is 7.14. The molecule has 0 saturated heterocycles. The molecule has 150 valence electrons. The molecule has 4 rings (SSSR count). The minimum Gasteiger partial charge on any atom is -0.420 e. The van der Waals surface area contributed by atoms with Crippen LogP contribution in [-0.4, -0.2) is 33.5 Å². The highest BCUT2D eigenvalue weighted by molar-refractivity contribution is 6.04. The van der Waals surface area contributed by atoms with E-state index in [9.17, 15) is 19.7 Å². The molecular formula is C20H19N3O6. The van der Waals surface area contributed by atoms with Crippen molar-refractivity contribution in [1.29, 1.82) is 0 Å². The first-order chi connectivity index (χ1) is 13.9. The molecule has 29 heavy (non-hydrogen) atoms. The van der Waals surface area contributed by atoms with Crippen molar-refractivity contribution in [1.82, 2.24) is 9.47 Å². The van der Waals surface area contributed by atoms with E-state index in [1.54, 1.807) is 6.07 Å². The van der Waals surface area contributed by atoms with Gasteiger partial charge in [-0.2, -0.15) is 4.57 Å². The van der Waals surface area contributed by atoms with Gasteiger partial charge in [-0.3, -0.25) is 15.0 Å².